The van der Waals surface area contributed by atoms with Crippen LogP contribution in [0, 0.1) is 0 Å². The molecule has 0 aliphatic heterocycles. The van der Waals surface area contributed by atoms with E-state index in [0.29, 0.717) is 6.54 Å². The van der Waals surface area contributed by atoms with Gasteiger partial charge in [-0.1, -0.05) is 42.5 Å². The van der Waals surface area contributed by atoms with Crippen molar-refractivity contribution >= 4 is 54.6 Å². The third-order valence-electron chi connectivity index (χ3n) is 3.63. The van der Waals surface area contributed by atoms with Crippen LogP contribution in [0.4, 0.5) is 0 Å². The Hall–Kier alpha value is -1.78. The lowest BCUT2D eigenvalue weighted by Crippen LogP contribution is -2.41. The van der Waals surface area contributed by atoms with Crippen LogP contribution < -0.4 is 4.57 Å². The SMILES string of the molecule is O=C(C[n+]1c(C=C(Br)Br)ccc2ccccc21)c1ccccc1. The Bertz CT molecular complexity index is 884. The van der Waals surface area contributed by atoms with Crippen molar-refractivity contribution < 1.29 is 9.36 Å². The van der Waals surface area contributed by atoms with Gasteiger partial charge in [0.05, 0.1) is 3.39 Å². The second-order valence-electron chi connectivity index (χ2n) is 5.13. The number of benzene rings is 2. The maximum Gasteiger partial charge on any atom is 0.227 e. The molecule has 0 N–H and O–H groups in total. The number of hydrogen-bond acceptors (Lipinski definition) is 1. The minimum absolute atomic E-state index is 0.0901. The molecule has 2 aromatic carbocycles. The molecule has 3 aromatic rings. The van der Waals surface area contributed by atoms with Gasteiger partial charge in [0, 0.05) is 29.2 Å². The average Bonchev–Trinajstić information content (AvgIpc) is 2.57. The summed E-state index contributed by atoms with van der Waals surface area (Å²) in [7, 11) is 0. The van der Waals surface area contributed by atoms with Crippen molar-refractivity contribution in [3.63, 3.8) is 0 Å². The lowest BCUT2D eigenvalue weighted by atomic mass is 10.1. The van der Waals surface area contributed by atoms with E-state index in [4.69, 9.17) is 0 Å². The normalized spacial score (nSPS) is 10.5. The molecule has 3 rings (SSSR count). The smallest absolute Gasteiger partial charge is 0.227 e. The Kier molecular flexibility index (Phi) is 5.03. The van der Waals surface area contributed by atoms with Crippen molar-refractivity contribution in [1.29, 1.82) is 0 Å². The van der Waals surface area contributed by atoms with Crippen molar-refractivity contribution in [2.45, 2.75) is 6.54 Å². The Morgan fingerprint density at radius 1 is 0.913 bits per heavy atom. The standard InChI is InChI=1S/C19H14Br2NO/c20-19(21)12-16-11-10-14-6-4-5-9-17(14)22(16)13-18(23)15-7-2-1-3-8-15/h1-12H,13H2/q+1. The third kappa shape index (κ3) is 3.77. The zero-order valence-electron chi connectivity index (χ0n) is 12.2. The maximum atomic E-state index is 12.6. The minimum Gasteiger partial charge on any atom is -0.287 e. The first kappa shape index (κ1) is 16.1. The predicted molar refractivity (Wildman–Crippen MR) is 101 cm³/mol. The van der Waals surface area contributed by atoms with Crippen LogP contribution in [-0.4, -0.2) is 5.78 Å². The van der Waals surface area contributed by atoms with Crippen LogP contribution in [-0.2, 0) is 6.54 Å². The zero-order chi connectivity index (χ0) is 16.2. The maximum absolute atomic E-state index is 12.6. The van der Waals surface area contributed by atoms with E-state index in [-0.39, 0.29) is 5.78 Å². The van der Waals surface area contributed by atoms with Gasteiger partial charge in [-0.05, 0) is 44.0 Å². The summed E-state index contributed by atoms with van der Waals surface area (Å²) in [6.45, 7) is 0.296. The number of Topliss-reactive ketones (excluding diaryl/α,β-unsaturated/α-hetero) is 1. The van der Waals surface area contributed by atoms with Gasteiger partial charge < -0.3 is 0 Å². The number of nitrogens with zero attached hydrogens (tertiary/aromatic N) is 1. The molecule has 0 saturated heterocycles. The van der Waals surface area contributed by atoms with E-state index < -0.39 is 0 Å². The van der Waals surface area contributed by atoms with Gasteiger partial charge in [0.1, 0.15) is 0 Å². The number of para-hydroxylation sites is 1. The van der Waals surface area contributed by atoms with Gasteiger partial charge in [0.25, 0.3) is 0 Å². The molecule has 0 aliphatic rings. The predicted octanol–water partition coefficient (Wildman–Crippen LogP) is 5.10. The van der Waals surface area contributed by atoms with Gasteiger partial charge >= 0.3 is 0 Å². The quantitative estimate of drug-likeness (QED) is 0.416. The van der Waals surface area contributed by atoms with Crippen LogP contribution in [0.15, 0.2) is 70.1 Å². The number of aromatic nitrogens is 1. The zero-order valence-corrected chi connectivity index (χ0v) is 15.4. The molecular formula is C19H14Br2NO+. The van der Waals surface area contributed by atoms with E-state index in [2.05, 4.69) is 44.0 Å². The van der Waals surface area contributed by atoms with Crippen LogP contribution in [0.2, 0.25) is 0 Å². The molecule has 114 valence electrons. The van der Waals surface area contributed by atoms with E-state index in [1.807, 2.05) is 65.2 Å². The van der Waals surface area contributed by atoms with E-state index in [1.165, 1.54) is 0 Å². The summed E-state index contributed by atoms with van der Waals surface area (Å²) in [5.41, 5.74) is 2.71. The molecule has 4 heteroatoms. The highest BCUT2D eigenvalue weighted by Crippen LogP contribution is 2.18. The number of carbonyl (C=O) groups is 1. The first-order valence-corrected chi connectivity index (χ1v) is 8.76. The Morgan fingerprint density at radius 2 is 1.61 bits per heavy atom. The molecule has 0 radical (unpaired) electrons. The summed E-state index contributed by atoms with van der Waals surface area (Å²) >= 11 is 6.80. The van der Waals surface area contributed by atoms with Crippen molar-refractivity contribution in [1.82, 2.24) is 0 Å². The highest BCUT2D eigenvalue weighted by atomic mass is 79.9. The largest absolute Gasteiger partial charge is 0.287 e. The lowest BCUT2D eigenvalue weighted by molar-refractivity contribution is -0.658. The van der Waals surface area contributed by atoms with Crippen molar-refractivity contribution in [2.75, 3.05) is 0 Å². The summed E-state index contributed by atoms with van der Waals surface area (Å²) in [6, 6.07) is 21.5. The topological polar surface area (TPSA) is 20.9 Å². The molecule has 0 unspecified atom stereocenters. The van der Waals surface area contributed by atoms with Gasteiger partial charge in [0.2, 0.25) is 23.5 Å². The van der Waals surface area contributed by atoms with Crippen LogP contribution >= 0.6 is 31.9 Å². The lowest BCUT2D eigenvalue weighted by Gasteiger charge is -2.05. The monoisotopic (exact) mass is 430 g/mol. The fraction of sp³-hybridized carbons (Fsp3) is 0.0526. The van der Waals surface area contributed by atoms with E-state index >= 15 is 0 Å². The number of carbonyl (C=O) groups excluding carboxylic acids is 1. The van der Waals surface area contributed by atoms with Crippen LogP contribution in [0.3, 0.4) is 0 Å². The summed E-state index contributed by atoms with van der Waals surface area (Å²) in [5, 5.41) is 1.11. The number of hydrogen-bond donors (Lipinski definition) is 0. The number of fused-ring (bicyclic) bond motifs is 1. The number of ketones is 1. The first-order chi connectivity index (χ1) is 11.1. The summed E-state index contributed by atoms with van der Waals surface area (Å²) < 4.78 is 2.87. The van der Waals surface area contributed by atoms with Gasteiger partial charge in [0.15, 0.2) is 0 Å². The van der Waals surface area contributed by atoms with Gasteiger partial charge in [-0.25, -0.2) is 0 Å². The van der Waals surface area contributed by atoms with Gasteiger partial charge in [-0.15, -0.1) is 0 Å². The van der Waals surface area contributed by atoms with E-state index in [0.717, 1.165) is 25.6 Å². The number of pyridine rings is 1. The van der Waals surface area contributed by atoms with E-state index in [1.54, 1.807) is 0 Å². The molecule has 0 saturated carbocycles. The van der Waals surface area contributed by atoms with Crippen molar-refractivity contribution in [3.05, 3.63) is 81.4 Å². The molecule has 0 aliphatic carbocycles. The van der Waals surface area contributed by atoms with Crippen molar-refractivity contribution in [3.8, 4) is 0 Å². The second kappa shape index (κ2) is 7.20. The molecule has 0 amide bonds. The molecule has 1 aromatic heterocycles. The summed E-state index contributed by atoms with van der Waals surface area (Å²) in [6.07, 6.45) is 1.95. The number of halogens is 2. The molecular weight excluding hydrogens is 418 g/mol. The second-order valence-corrected chi connectivity index (χ2v) is 7.90. The third-order valence-corrected chi connectivity index (χ3v) is 4.09. The molecule has 1 heterocycles. The van der Waals surface area contributed by atoms with Crippen LogP contribution in [0.1, 0.15) is 16.1 Å². The number of rotatable bonds is 4. The first-order valence-electron chi connectivity index (χ1n) is 7.18. The molecule has 0 fully saturated rings. The molecule has 0 spiro atoms. The fourth-order valence-electron chi connectivity index (χ4n) is 2.55. The van der Waals surface area contributed by atoms with Gasteiger partial charge in [-0.2, -0.15) is 4.57 Å². The van der Waals surface area contributed by atoms with Crippen LogP contribution in [0.25, 0.3) is 17.0 Å². The average molecular weight is 432 g/mol. The van der Waals surface area contributed by atoms with Gasteiger partial charge in [-0.3, -0.25) is 4.79 Å². The minimum atomic E-state index is 0.0901. The Balaban J connectivity index is 2.10. The Labute approximate surface area is 151 Å². The summed E-state index contributed by atoms with van der Waals surface area (Å²) in [4.78, 5) is 12.6. The van der Waals surface area contributed by atoms with Crippen molar-refractivity contribution in [2.24, 2.45) is 0 Å². The fourth-order valence-corrected chi connectivity index (χ4v) is 3.02. The van der Waals surface area contributed by atoms with E-state index in [9.17, 15) is 4.79 Å². The molecule has 2 nitrogen and oxygen atoms in total. The molecule has 0 atom stereocenters. The van der Waals surface area contributed by atoms with Crippen LogP contribution in [0.5, 0.6) is 0 Å². The summed E-state index contributed by atoms with van der Waals surface area (Å²) in [5.74, 6) is 0.0901. The molecule has 0 bridgehead atoms. The molecule has 23 heavy (non-hydrogen) atoms. The highest BCUT2D eigenvalue weighted by Gasteiger charge is 2.19. The Morgan fingerprint density at radius 3 is 2.35 bits per heavy atom. The highest BCUT2D eigenvalue weighted by molar-refractivity contribution is 9.28.